The predicted octanol–water partition coefficient (Wildman–Crippen LogP) is 1.46. The van der Waals surface area contributed by atoms with Crippen LogP contribution in [0, 0.1) is 17.2 Å². The van der Waals surface area contributed by atoms with Crippen LogP contribution in [0.4, 0.5) is 5.00 Å². The molecule has 4 rings (SSSR count). The van der Waals surface area contributed by atoms with Crippen molar-refractivity contribution in [1.29, 1.82) is 5.26 Å². The minimum Gasteiger partial charge on any atom is -0.543 e. The topological polar surface area (TPSA) is 128 Å². The van der Waals surface area contributed by atoms with Crippen molar-refractivity contribution in [2.24, 2.45) is 5.92 Å². The molecule has 1 atom stereocenters. The van der Waals surface area contributed by atoms with Crippen molar-refractivity contribution in [3.63, 3.8) is 0 Å². The van der Waals surface area contributed by atoms with Crippen molar-refractivity contribution in [2.75, 3.05) is 5.32 Å². The number of aromatic carboxylic acids is 1. The molecule has 8 nitrogen and oxygen atoms in total. The number of nitrogens with zero attached hydrogens (tertiary/aromatic N) is 3. The molecule has 0 saturated carbocycles. The maximum absolute atomic E-state index is 12.7. The normalized spacial score (nSPS) is 15.4. The van der Waals surface area contributed by atoms with Gasteiger partial charge in [-0.05, 0) is 36.8 Å². The Balaban J connectivity index is 1.65. The first-order chi connectivity index (χ1) is 14.4. The van der Waals surface area contributed by atoms with Gasteiger partial charge in [0.15, 0.2) is 0 Å². The van der Waals surface area contributed by atoms with Crippen LogP contribution in [-0.2, 0) is 24.2 Å². The smallest absolute Gasteiger partial charge is 0.275 e. The van der Waals surface area contributed by atoms with Crippen LogP contribution in [0.15, 0.2) is 29.1 Å². The molecular formula is C21H17N4O4S-. The maximum atomic E-state index is 12.7. The number of nitrogens with one attached hydrogen (secondary N) is 1. The first-order valence-electron chi connectivity index (χ1n) is 9.44. The molecule has 2 heterocycles. The molecule has 30 heavy (non-hydrogen) atoms. The van der Waals surface area contributed by atoms with Crippen molar-refractivity contribution in [3.05, 3.63) is 56.3 Å². The highest BCUT2D eigenvalue weighted by atomic mass is 32.1. The molecule has 1 amide bonds. The van der Waals surface area contributed by atoms with Crippen LogP contribution in [0.25, 0.3) is 10.8 Å². The Bertz CT molecular complexity index is 1280. The quantitative estimate of drug-likeness (QED) is 0.679. The van der Waals surface area contributed by atoms with Crippen LogP contribution >= 0.6 is 11.3 Å². The Hall–Kier alpha value is -3.51. The number of anilines is 1. The number of hydrogen-bond donors (Lipinski definition) is 1. The Morgan fingerprint density at radius 1 is 1.37 bits per heavy atom. The Morgan fingerprint density at radius 2 is 2.10 bits per heavy atom. The molecular weight excluding hydrogens is 404 g/mol. The number of carbonyl (C=O) groups is 2. The third-order valence-corrected chi connectivity index (χ3v) is 6.40. The lowest BCUT2D eigenvalue weighted by atomic mass is 9.89. The summed E-state index contributed by atoms with van der Waals surface area (Å²) in [7, 11) is 0. The van der Waals surface area contributed by atoms with E-state index >= 15 is 0 Å². The zero-order valence-corrected chi connectivity index (χ0v) is 16.9. The summed E-state index contributed by atoms with van der Waals surface area (Å²) in [5.41, 5.74) is 0.461. The molecule has 1 aliphatic rings. The fourth-order valence-corrected chi connectivity index (χ4v) is 5.13. The summed E-state index contributed by atoms with van der Waals surface area (Å²) in [6.07, 6.45) is 2.66. The van der Waals surface area contributed by atoms with E-state index in [0.29, 0.717) is 16.5 Å². The van der Waals surface area contributed by atoms with E-state index in [1.54, 1.807) is 12.1 Å². The van der Waals surface area contributed by atoms with Gasteiger partial charge in [0.1, 0.15) is 23.3 Å². The fourth-order valence-electron chi connectivity index (χ4n) is 3.75. The van der Waals surface area contributed by atoms with E-state index in [4.69, 9.17) is 0 Å². The van der Waals surface area contributed by atoms with E-state index < -0.39 is 29.7 Å². The van der Waals surface area contributed by atoms with Crippen LogP contribution in [0.3, 0.4) is 0 Å². The highest BCUT2D eigenvalue weighted by Crippen LogP contribution is 2.39. The molecule has 0 bridgehead atoms. The van der Waals surface area contributed by atoms with Crippen LogP contribution in [0.2, 0.25) is 0 Å². The lowest BCUT2D eigenvalue weighted by molar-refractivity contribution is -0.255. The molecule has 2 aromatic heterocycles. The molecule has 3 aromatic rings. The van der Waals surface area contributed by atoms with E-state index in [0.717, 1.165) is 34.4 Å². The largest absolute Gasteiger partial charge is 0.543 e. The summed E-state index contributed by atoms with van der Waals surface area (Å²) in [6, 6.07) is 8.31. The second-order valence-corrected chi connectivity index (χ2v) is 8.47. The molecule has 0 saturated heterocycles. The van der Waals surface area contributed by atoms with E-state index in [1.807, 2.05) is 0 Å². The number of fused-ring (bicyclic) bond motifs is 2. The second-order valence-electron chi connectivity index (χ2n) is 7.36. The molecule has 152 valence electrons. The number of hydrogen-bond acceptors (Lipinski definition) is 7. The fraction of sp³-hybridized carbons (Fsp3) is 0.286. The van der Waals surface area contributed by atoms with Gasteiger partial charge in [-0.2, -0.15) is 10.4 Å². The minimum atomic E-state index is -1.54. The number of amides is 1. The van der Waals surface area contributed by atoms with Crippen molar-refractivity contribution >= 4 is 39.0 Å². The van der Waals surface area contributed by atoms with Gasteiger partial charge in [-0.25, -0.2) is 4.68 Å². The lowest BCUT2D eigenvalue weighted by Crippen LogP contribution is -2.34. The standard InChI is InChI=1S/C21H18N4O4S/c1-11-6-7-12-15(9-22)19(30-16(12)8-11)23-17(26)10-25-20(27)14-5-3-2-4-13(14)18(24-25)21(28)29/h2-5,11H,6-8,10H2,1H3,(H,23,26)(H,28,29)/p-1/t11-/m1/s1. The van der Waals surface area contributed by atoms with E-state index in [9.17, 15) is 24.8 Å². The average molecular weight is 421 g/mol. The van der Waals surface area contributed by atoms with Gasteiger partial charge in [0.2, 0.25) is 5.91 Å². The van der Waals surface area contributed by atoms with Gasteiger partial charge in [0.25, 0.3) is 5.56 Å². The Kier molecular flexibility index (Phi) is 5.10. The van der Waals surface area contributed by atoms with Crippen LogP contribution in [0.1, 0.15) is 39.8 Å². The highest BCUT2D eigenvalue weighted by molar-refractivity contribution is 7.16. The number of carboxylic acids is 1. The van der Waals surface area contributed by atoms with Crippen LogP contribution < -0.4 is 16.0 Å². The third kappa shape index (κ3) is 3.46. The van der Waals surface area contributed by atoms with Crippen LogP contribution in [0.5, 0.6) is 0 Å². The lowest BCUT2D eigenvalue weighted by Gasteiger charge is -2.17. The zero-order chi connectivity index (χ0) is 21.4. The molecule has 0 aliphatic heterocycles. The van der Waals surface area contributed by atoms with Crippen molar-refractivity contribution in [1.82, 2.24) is 9.78 Å². The van der Waals surface area contributed by atoms with Gasteiger partial charge in [-0.3, -0.25) is 9.59 Å². The van der Waals surface area contributed by atoms with Crippen molar-refractivity contribution in [3.8, 4) is 6.07 Å². The van der Waals surface area contributed by atoms with Gasteiger partial charge in [-0.15, -0.1) is 11.3 Å². The van der Waals surface area contributed by atoms with Gasteiger partial charge < -0.3 is 15.2 Å². The highest BCUT2D eigenvalue weighted by Gasteiger charge is 2.25. The van der Waals surface area contributed by atoms with E-state index in [-0.39, 0.29) is 10.8 Å². The second kappa shape index (κ2) is 7.72. The van der Waals surface area contributed by atoms with Gasteiger partial charge in [0, 0.05) is 10.3 Å². The SMILES string of the molecule is C[C@@H]1CCc2c(sc(NC(=O)Cn3nc(C(=O)[O-])c4ccccc4c3=O)c2C#N)C1. The zero-order valence-electron chi connectivity index (χ0n) is 16.1. The average Bonchev–Trinajstić information content (AvgIpc) is 3.05. The number of nitriles is 1. The Morgan fingerprint density at radius 3 is 2.80 bits per heavy atom. The first kappa shape index (κ1) is 19.8. The minimum absolute atomic E-state index is 0.137. The number of aromatic nitrogens is 2. The third-order valence-electron chi connectivity index (χ3n) is 5.23. The summed E-state index contributed by atoms with van der Waals surface area (Å²) < 4.78 is 0.810. The molecule has 1 aliphatic carbocycles. The summed E-state index contributed by atoms with van der Waals surface area (Å²) in [6.45, 7) is 1.67. The van der Waals surface area contributed by atoms with E-state index in [2.05, 4.69) is 23.4 Å². The van der Waals surface area contributed by atoms with Crippen LogP contribution in [-0.4, -0.2) is 21.7 Å². The van der Waals surface area contributed by atoms with Crippen molar-refractivity contribution in [2.45, 2.75) is 32.7 Å². The molecule has 0 radical (unpaired) electrons. The van der Waals surface area contributed by atoms with E-state index in [1.165, 1.54) is 23.5 Å². The predicted molar refractivity (Wildman–Crippen MR) is 109 cm³/mol. The number of rotatable bonds is 4. The van der Waals surface area contributed by atoms with Gasteiger partial charge in [-0.1, -0.05) is 25.1 Å². The molecule has 0 spiro atoms. The van der Waals surface area contributed by atoms with Crippen molar-refractivity contribution < 1.29 is 14.7 Å². The Labute approximate surface area is 175 Å². The summed E-state index contributed by atoms with van der Waals surface area (Å²) in [5, 5.41) is 28.3. The first-order valence-corrected chi connectivity index (χ1v) is 10.3. The number of carboxylic acid groups (broad SMARTS) is 1. The maximum Gasteiger partial charge on any atom is 0.275 e. The molecule has 1 N–H and O–H groups in total. The van der Waals surface area contributed by atoms with Gasteiger partial charge >= 0.3 is 0 Å². The molecule has 0 fully saturated rings. The number of thiophene rings is 1. The summed E-state index contributed by atoms with van der Waals surface area (Å²) in [4.78, 5) is 37.8. The summed E-state index contributed by atoms with van der Waals surface area (Å²) >= 11 is 1.38. The molecule has 9 heteroatoms. The van der Waals surface area contributed by atoms with Gasteiger partial charge in [0.05, 0.1) is 16.9 Å². The summed E-state index contributed by atoms with van der Waals surface area (Å²) in [5.74, 6) is -1.57. The number of carbonyl (C=O) groups excluding carboxylic acids is 2. The molecule has 1 aromatic carbocycles. The number of benzene rings is 1. The molecule has 0 unspecified atom stereocenters. The monoisotopic (exact) mass is 421 g/mol.